The SMILES string of the molecule is O=C=C1CCCN1OC(=O)C1(N2CCN(c3ccccc3Cl)CC2)OC1=C=O. The highest BCUT2D eigenvalue weighted by Gasteiger charge is 2.68. The van der Waals surface area contributed by atoms with Crippen LogP contribution >= 0.6 is 11.6 Å². The molecule has 1 unspecified atom stereocenters. The second kappa shape index (κ2) is 7.34. The molecular weight excluding hydrogens is 386 g/mol. The van der Waals surface area contributed by atoms with Crippen LogP contribution in [0.5, 0.6) is 0 Å². The zero-order valence-electron chi connectivity index (χ0n) is 15.0. The van der Waals surface area contributed by atoms with Gasteiger partial charge in [0.2, 0.25) is 0 Å². The number of hydroxylamine groups is 2. The molecule has 3 saturated heterocycles. The van der Waals surface area contributed by atoms with Gasteiger partial charge in [-0.3, -0.25) is 0 Å². The van der Waals surface area contributed by atoms with Crippen LogP contribution in [0.1, 0.15) is 12.8 Å². The first-order valence-electron chi connectivity index (χ1n) is 9.03. The van der Waals surface area contributed by atoms with Crippen LogP contribution in [0, 0.1) is 0 Å². The molecule has 146 valence electrons. The van der Waals surface area contributed by atoms with Gasteiger partial charge in [0.15, 0.2) is 5.94 Å². The third kappa shape index (κ3) is 3.07. The van der Waals surface area contributed by atoms with E-state index in [1.54, 1.807) is 16.8 Å². The molecule has 4 rings (SSSR count). The minimum Gasteiger partial charge on any atom is -0.440 e. The Morgan fingerprint density at radius 3 is 2.50 bits per heavy atom. The lowest BCUT2D eigenvalue weighted by molar-refractivity contribution is -0.192. The van der Waals surface area contributed by atoms with E-state index in [2.05, 4.69) is 4.90 Å². The van der Waals surface area contributed by atoms with Gasteiger partial charge in [-0.1, -0.05) is 23.7 Å². The maximum atomic E-state index is 12.8. The third-order valence-corrected chi connectivity index (χ3v) is 5.51. The Balaban J connectivity index is 1.47. The maximum Gasteiger partial charge on any atom is 0.400 e. The van der Waals surface area contributed by atoms with Crippen molar-refractivity contribution in [1.29, 1.82) is 0 Å². The predicted molar refractivity (Wildman–Crippen MR) is 99.5 cm³/mol. The van der Waals surface area contributed by atoms with E-state index < -0.39 is 11.7 Å². The summed E-state index contributed by atoms with van der Waals surface area (Å²) in [7, 11) is 0. The molecule has 0 aromatic heterocycles. The van der Waals surface area contributed by atoms with Crippen molar-refractivity contribution in [2.45, 2.75) is 18.6 Å². The lowest BCUT2D eigenvalue weighted by Crippen LogP contribution is -2.55. The van der Waals surface area contributed by atoms with Crippen LogP contribution in [0.2, 0.25) is 5.02 Å². The monoisotopic (exact) mass is 403 g/mol. The molecule has 0 aliphatic carbocycles. The van der Waals surface area contributed by atoms with Gasteiger partial charge in [-0.05, 0) is 18.6 Å². The topological polar surface area (TPSA) is 82.7 Å². The van der Waals surface area contributed by atoms with Gasteiger partial charge in [0.25, 0.3) is 5.76 Å². The summed E-state index contributed by atoms with van der Waals surface area (Å²) in [6.07, 6.45) is 1.19. The summed E-state index contributed by atoms with van der Waals surface area (Å²) >= 11 is 6.27. The van der Waals surface area contributed by atoms with Crippen molar-refractivity contribution in [1.82, 2.24) is 9.96 Å². The summed E-state index contributed by atoms with van der Waals surface area (Å²) in [5.74, 6) is 2.62. The molecule has 3 fully saturated rings. The molecule has 3 aliphatic rings. The molecular formula is C19H18ClN3O5. The van der Waals surface area contributed by atoms with Gasteiger partial charge < -0.3 is 14.5 Å². The molecule has 0 saturated carbocycles. The largest absolute Gasteiger partial charge is 0.440 e. The van der Waals surface area contributed by atoms with E-state index in [-0.39, 0.29) is 11.5 Å². The number of carbonyl (C=O) groups is 1. The Morgan fingerprint density at radius 2 is 1.86 bits per heavy atom. The van der Waals surface area contributed by atoms with Crippen molar-refractivity contribution in [2.75, 3.05) is 37.6 Å². The molecule has 1 aromatic rings. The van der Waals surface area contributed by atoms with E-state index in [1.165, 1.54) is 5.06 Å². The van der Waals surface area contributed by atoms with Crippen molar-refractivity contribution < 1.29 is 24.0 Å². The van der Waals surface area contributed by atoms with Crippen molar-refractivity contribution in [3.63, 3.8) is 0 Å². The number of allylic oxidation sites excluding steroid dienone is 1. The molecule has 9 heteroatoms. The summed E-state index contributed by atoms with van der Waals surface area (Å²) in [4.78, 5) is 44.2. The normalized spacial score (nSPS) is 24.5. The molecule has 28 heavy (non-hydrogen) atoms. The highest BCUT2D eigenvalue weighted by atomic mass is 35.5. The fourth-order valence-corrected chi connectivity index (χ4v) is 3.92. The Bertz CT molecular complexity index is 901. The fraction of sp³-hybridized carbons (Fsp3) is 0.421. The first kappa shape index (κ1) is 18.6. The van der Waals surface area contributed by atoms with Gasteiger partial charge in [0.05, 0.1) is 17.3 Å². The van der Waals surface area contributed by atoms with E-state index in [0.29, 0.717) is 50.6 Å². The summed E-state index contributed by atoms with van der Waals surface area (Å²) < 4.78 is 5.36. The van der Waals surface area contributed by atoms with Crippen LogP contribution in [0.25, 0.3) is 0 Å². The molecule has 8 nitrogen and oxygen atoms in total. The number of hydrogen-bond acceptors (Lipinski definition) is 8. The lowest BCUT2D eigenvalue weighted by atomic mass is 10.2. The number of carbonyl (C=O) groups excluding carboxylic acids is 3. The molecule has 1 aromatic carbocycles. The van der Waals surface area contributed by atoms with Crippen molar-refractivity contribution >= 4 is 35.1 Å². The zero-order valence-corrected chi connectivity index (χ0v) is 15.8. The zero-order chi connectivity index (χ0) is 19.7. The molecule has 0 spiro atoms. The molecule has 0 radical (unpaired) electrons. The number of benzene rings is 1. The molecule has 0 bridgehead atoms. The van der Waals surface area contributed by atoms with Crippen LogP contribution < -0.4 is 4.90 Å². The number of ether oxygens (including phenoxy) is 1. The van der Waals surface area contributed by atoms with E-state index in [9.17, 15) is 14.4 Å². The smallest absolute Gasteiger partial charge is 0.400 e. The Labute approximate surface area is 166 Å². The number of piperazine rings is 1. The average Bonchev–Trinajstić information content (AvgIpc) is 3.32. The number of halogens is 1. The average molecular weight is 404 g/mol. The van der Waals surface area contributed by atoms with Crippen LogP contribution in [0.15, 0.2) is 35.7 Å². The fourth-order valence-electron chi connectivity index (χ4n) is 3.67. The first-order valence-corrected chi connectivity index (χ1v) is 9.41. The standard InChI is InChI=1S/C19H18ClN3O5/c20-15-5-1-2-6-16(15)21-8-10-22(11-9-21)19(17(13-25)27-19)18(26)28-23-7-3-4-14(23)12-24/h1-2,5-6H,3-4,7-11H2. The van der Waals surface area contributed by atoms with Crippen LogP contribution in [0.4, 0.5) is 5.69 Å². The molecule has 3 aliphatic heterocycles. The summed E-state index contributed by atoms with van der Waals surface area (Å²) in [6.45, 7) is 2.52. The third-order valence-electron chi connectivity index (χ3n) is 5.19. The molecule has 3 heterocycles. The number of anilines is 1. The van der Waals surface area contributed by atoms with Gasteiger partial charge in [-0.25, -0.2) is 19.3 Å². The number of nitrogens with zero attached hydrogens (tertiary/aromatic N) is 3. The van der Waals surface area contributed by atoms with Gasteiger partial charge >= 0.3 is 11.7 Å². The summed E-state index contributed by atoms with van der Waals surface area (Å²) in [6, 6.07) is 7.55. The van der Waals surface area contributed by atoms with Gasteiger partial charge in [-0.15, -0.1) is 0 Å². The Morgan fingerprint density at radius 1 is 1.11 bits per heavy atom. The number of para-hydroxylation sites is 1. The van der Waals surface area contributed by atoms with Crippen LogP contribution in [-0.4, -0.2) is 66.3 Å². The molecule has 0 N–H and O–H groups in total. The van der Waals surface area contributed by atoms with Crippen molar-refractivity contribution in [2.24, 2.45) is 0 Å². The van der Waals surface area contributed by atoms with E-state index in [0.717, 1.165) is 5.69 Å². The van der Waals surface area contributed by atoms with Gasteiger partial charge in [-0.2, -0.15) is 5.06 Å². The van der Waals surface area contributed by atoms with E-state index in [1.807, 2.05) is 24.3 Å². The predicted octanol–water partition coefficient (Wildman–Crippen LogP) is 1.17. The second-order valence-electron chi connectivity index (χ2n) is 6.74. The van der Waals surface area contributed by atoms with Crippen molar-refractivity contribution in [3.8, 4) is 0 Å². The molecule has 0 amide bonds. The first-order chi connectivity index (χ1) is 13.6. The minimum absolute atomic E-state index is 0.0977. The second-order valence-corrected chi connectivity index (χ2v) is 7.14. The quantitative estimate of drug-likeness (QED) is 0.547. The summed E-state index contributed by atoms with van der Waals surface area (Å²) in [5.41, 5.74) is -0.365. The maximum absolute atomic E-state index is 12.8. The lowest BCUT2D eigenvalue weighted by Gasteiger charge is -2.37. The number of epoxide rings is 1. The van der Waals surface area contributed by atoms with E-state index in [4.69, 9.17) is 21.2 Å². The van der Waals surface area contributed by atoms with Gasteiger partial charge in [0, 0.05) is 32.6 Å². The number of rotatable bonds is 4. The van der Waals surface area contributed by atoms with Crippen molar-refractivity contribution in [3.05, 3.63) is 40.7 Å². The van der Waals surface area contributed by atoms with Gasteiger partial charge in [0.1, 0.15) is 11.6 Å². The summed E-state index contributed by atoms with van der Waals surface area (Å²) in [5, 5.41) is 1.88. The van der Waals surface area contributed by atoms with Crippen LogP contribution in [-0.2, 0) is 24.0 Å². The van der Waals surface area contributed by atoms with Crippen LogP contribution in [0.3, 0.4) is 0 Å². The highest BCUT2D eigenvalue weighted by Crippen LogP contribution is 2.44. The minimum atomic E-state index is -1.56. The number of hydrogen-bond donors (Lipinski definition) is 0. The highest BCUT2D eigenvalue weighted by molar-refractivity contribution is 6.33. The Kier molecular flexibility index (Phi) is 4.87. The Hall–Kier alpha value is -2.76. The van der Waals surface area contributed by atoms with E-state index >= 15 is 0 Å². The molecule has 1 atom stereocenters.